The molecule has 234 valence electrons. The number of nitrogens with zero attached hydrogens (tertiary/aromatic N) is 3. The minimum absolute atomic E-state index is 0.917. The van der Waals surface area contributed by atoms with Crippen LogP contribution in [0.2, 0.25) is 0 Å². The molecule has 0 bridgehead atoms. The molecule has 0 spiro atoms. The Morgan fingerprint density at radius 2 is 0.900 bits per heavy atom. The summed E-state index contributed by atoms with van der Waals surface area (Å²) in [7, 11) is 0. The van der Waals surface area contributed by atoms with Gasteiger partial charge >= 0.3 is 0 Å². The molecule has 0 aliphatic rings. The molecular formula is C47H31N3. The highest BCUT2D eigenvalue weighted by Crippen LogP contribution is 2.37. The van der Waals surface area contributed by atoms with Gasteiger partial charge in [-0.25, -0.2) is 4.98 Å². The highest BCUT2D eigenvalue weighted by atomic mass is 14.7. The molecule has 3 aromatic heterocycles. The van der Waals surface area contributed by atoms with Crippen molar-refractivity contribution < 1.29 is 0 Å². The van der Waals surface area contributed by atoms with E-state index in [4.69, 9.17) is 9.97 Å². The fraction of sp³-hybridized carbons (Fsp3) is 0. The lowest BCUT2D eigenvalue weighted by atomic mass is 9.94. The van der Waals surface area contributed by atoms with Crippen LogP contribution in [0, 0.1) is 0 Å². The van der Waals surface area contributed by atoms with Gasteiger partial charge in [-0.2, -0.15) is 0 Å². The summed E-state index contributed by atoms with van der Waals surface area (Å²) in [5.74, 6) is 0. The number of hydrogen-bond acceptors (Lipinski definition) is 3. The molecule has 0 N–H and O–H groups in total. The zero-order valence-corrected chi connectivity index (χ0v) is 27.2. The number of rotatable bonds is 6. The van der Waals surface area contributed by atoms with Crippen LogP contribution >= 0.6 is 0 Å². The van der Waals surface area contributed by atoms with Gasteiger partial charge in [0.1, 0.15) is 0 Å². The van der Waals surface area contributed by atoms with Crippen molar-refractivity contribution in [2.45, 2.75) is 0 Å². The number of para-hydroxylation sites is 1. The molecule has 0 radical (unpaired) electrons. The average molecular weight is 638 g/mol. The van der Waals surface area contributed by atoms with Gasteiger partial charge in [-0.1, -0.05) is 127 Å². The van der Waals surface area contributed by atoms with Crippen LogP contribution in [0.25, 0.3) is 88.8 Å². The predicted octanol–water partition coefficient (Wildman–Crippen LogP) is 12.2. The molecule has 0 aliphatic carbocycles. The Morgan fingerprint density at radius 1 is 0.300 bits per heavy atom. The summed E-state index contributed by atoms with van der Waals surface area (Å²) in [5.41, 5.74) is 15.1. The Morgan fingerprint density at radius 3 is 1.62 bits per heavy atom. The molecule has 9 aromatic rings. The molecule has 0 aliphatic heterocycles. The number of pyridine rings is 3. The van der Waals surface area contributed by atoms with Gasteiger partial charge in [-0.15, -0.1) is 0 Å². The van der Waals surface area contributed by atoms with Crippen LogP contribution in [0.3, 0.4) is 0 Å². The van der Waals surface area contributed by atoms with E-state index in [1.807, 2.05) is 42.7 Å². The van der Waals surface area contributed by atoms with E-state index in [1.54, 1.807) is 0 Å². The van der Waals surface area contributed by atoms with Crippen LogP contribution in [-0.4, -0.2) is 15.0 Å². The Kier molecular flexibility index (Phi) is 7.49. The van der Waals surface area contributed by atoms with E-state index in [1.165, 1.54) is 16.7 Å². The lowest BCUT2D eigenvalue weighted by Crippen LogP contribution is -1.93. The van der Waals surface area contributed by atoms with Crippen molar-refractivity contribution in [3.63, 3.8) is 0 Å². The van der Waals surface area contributed by atoms with Gasteiger partial charge in [-0.3, -0.25) is 9.97 Å². The maximum Gasteiger partial charge on any atom is 0.0716 e. The molecule has 9 rings (SSSR count). The second-order valence-corrected chi connectivity index (χ2v) is 12.5. The molecule has 3 heteroatoms. The van der Waals surface area contributed by atoms with E-state index in [0.717, 1.165) is 72.1 Å². The average Bonchev–Trinajstić information content (AvgIpc) is 3.21. The molecule has 0 saturated heterocycles. The maximum atomic E-state index is 5.24. The second kappa shape index (κ2) is 12.7. The van der Waals surface area contributed by atoms with Gasteiger partial charge in [0.05, 0.1) is 22.4 Å². The molecular weight excluding hydrogens is 607 g/mol. The van der Waals surface area contributed by atoms with Crippen molar-refractivity contribution in [1.29, 1.82) is 0 Å². The van der Waals surface area contributed by atoms with Crippen molar-refractivity contribution in [2.24, 2.45) is 0 Å². The number of benzene rings is 6. The number of hydrogen-bond donors (Lipinski definition) is 0. The lowest BCUT2D eigenvalue weighted by molar-refractivity contribution is 1.32. The largest absolute Gasteiger partial charge is 0.256 e. The van der Waals surface area contributed by atoms with Crippen LogP contribution in [-0.2, 0) is 0 Å². The van der Waals surface area contributed by atoms with Crippen molar-refractivity contribution in [1.82, 2.24) is 15.0 Å². The van der Waals surface area contributed by atoms with Crippen LogP contribution in [0.1, 0.15) is 0 Å². The Labute approximate surface area is 291 Å². The van der Waals surface area contributed by atoms with Gasteiger partial charge in [0.25, 0.3) is 0 Å². The second-order valence-electron chi connectivity index (χ2n) is 12.5. The quantitative estimate of drug-likeness (QED) is 0.182. The first kappa shape index (κ1) is 29.4. The summed E-state index contributed by atoms with van der Waals surface area (Å²) in [6.45, 7) is 0. The van der Waals surface area contributed by atoms with Crippen LogP contribution in [0.4, 0.5) is 0 Å². The molecule has 3 heterocycles. The molecule has 0 fully saturated rings. The highest BCUT2D eigenvalue weighted by molar-refractivity contribution is 6.00. The minimum Gasteiger partial charge on any atom is -0.256 e. The Balaban J connectivity index is 1.19. The van der Waals surface area contributed by atoms with Crippen LogP contribution < -0.4 is 0 Å². The number of fused-ring (bicyclic) bond motifs is 2. The van der Waals surface area contributed by atoms with Crippen molar-refractivity contribution in [3.05, 3.63) is 188 Å². The van der Waals surface area contributed by atoms with Gasteiger partial charge in [0, 0.05) is 39.9 Å². The minimum atomic E-state index is 0.917. The summed E-state index contributed by atoms with van der Waals surface area (Å²) in [6, 6.07) is 61.8. The zero-order valence-electron chi connectivity index (χ0n) is 27.2. The van der Waals surface area contributed by atoms with Crippen molar-refractivity contribution >= 4 is 21.8 Å². The summed E-state index contributed by atoms with van der Waals surface area (Å²) in [5, 5.41) is 2.17. The first-order chi connectivity index (χ1) is 24.8. The standard InChI is InChI=1S/C47H31N3/c1-3-11-32(12-4-1)34-15-9-17-36(27-34)37-21-24-46-43(29-37)42(30-47(50-46)38-18-10-16-35(28-38)33-13-5-2-6-14-33)39-22-23-45(49-31-39)41-25-26-48-44-20-8-7-19-40(41)44/h1-31H. The SMILES string of the molecule is c1ccc(-c2cccc(-c3ccc4nc(-c5cccc(-c6ccccc6)c5)cc(-c5ccc(-c6ccnc7ccccc67)nc5)c4c3)c2)cc1. The number of aromatic nitrogens is 3. The first-order valence-corrected chi connectivity index (χ1v) is 16.8. The maximum absolute atomic E-state index is 5.24. The molecule has 3 nitrogen and oxygen atoms in total. The van der Waals surface area contributed by atoms with Gasteiger partial charge < -0.3 is 0 Å². The van der Waals surface area contributed by atoms with E-state index in [0.29, 0.717) is 0 Å². The third-order valence-corrected chi connectivity index (χ3v) is 9.38. The van der Waals surface area contributed by atoms with E-state index >= 15 is 0 Å². The topological polar surface area (TPSA) is 38.7 Å². The van der Waals surface area contributed by atoms with E-state index < -0.39 is 0 Å². The van der Waals surface area contributed by atoms with Crippen molar-refractivity contribution in [2.75, 3.05) is 0 Å². The molecule has 50 heavy (non-hydrogen) atoms. The molecule has 0 atom stereocenters. The smallest absolute Gasteiger partial charge is 0.0716 e. The zero-order chi connectivity index (χ0) is 33.3. The molecule has 0 saturated carbocycles. The molecule has 0 unspecified atom stereocenters. The Hall–Kier alpha value is -6.71. The first-order valence-electron chi connectivity index (χ1n) is 16.8. The van der Waals surface area contributed by atoms with Crippen LogP contribution in [0.15, 0.2) is 188 Å². The summed E-state index contributed by atoms with van der Waals surface area (Å²) < 4.78 is 0. The summed E-state index contributed by atoms with van der Waals surface area (Å²) >= 11 is 0. The monoisotopic (exact) mass is 637 g/mol. The summed E-state index contributed by atoms with van der Waals surface area (Å²) in [4.78, 5) is 14.8. The lowest BCUT2D eigenvalue weighted by Gasteiger charge is -2.14. The van der Waals surface area contributed by atoms with Crippen LogP contribution in [0.5, 0.6) is 0 Å². The predicted molar refractivity (Wildman–Crippen MR) is 207 cm³/mol. The molecule has 6 aromatic carbocycles. The third kappa shape index (κ3) is 5.61. The summed E-state index contributed by atoms with van der Waals surface area (Å²) in [6.07, 6.45) is 3.85. The highest BCUT2D eigenvalue weighted by Gasteiger charge is 2.14. The van der Waals surface area contributed by atoms with Gasteiger partial charge in [-0.05, 0) is 87.5 Å². The third-order valence-electron chi connectivity index (χ3n) is 9.38. The van der Waals surface area contributed by atoms with Crippen molar-refractivity contribution in [3.8, 4) is 67.0 Å². The van der Waals surface area contributed by atoms with Gasteiger partial charge in [0.15, 0.2) is 0 Å². The fourth-order valence-electron chi connectivity index (χ4n) is 6.82. The van der Waals surface area contributed by atoms with E-state index in [2.05, 4.69) is 151 Å². The fourth-order valence-corrected chi connectivity index (χ4v) is 6.82. The van der Waals surface area contributed by atoms with Gasteiger partial charge in [0.2, 0.25) is 0 Å². The normalized spacial score (nSPS) is 11.2. The van der Waals surface area contributed by atoms with E-state index in [9.17, 15) is 0 Å². The Bertz CT molecular complexity index is 2620. The molecule has 0 amide bonds. The van der Waals surface area contributed by atoms with E-state index in [-0.39, 0.29) is 0 Å².